The zero-order valence-electron chi connectivity index (χ0n) is 17.6. The van der Waals surface area contributed by atoms with Crippen molar-refractivity contribution < 1.29 is 14.3 Å². The van der Waals surface area contributed by atoms with Crippen LogP contribution in [0.2, 0.25) is 5.02 Å². The lowest BCUT2D eigenvalue weighted by Gasteiger charge is -2.20. The molecule has 0 aliphatic carbocycles. The zero-order valence-corrected chi connectivity index (χ0v) is 19.2. The molecule has 0 spiro atoms. The fourth-order valence-electron chi connectivity index (χ4n) is 3.57. The SMILES string of the molecule is COc1cc(OC)c(-n2c(C)cc(/C=C3\C(=N)N4N=C(C)SC4=NC3=O)c2C)cc1Cl. The van der Waals surface area contributed by atoms with Gasteiger partial charge in [0, 0.05) is 17.5 Å². The summed E-state index contributed by atoms with van der Waals surface area (Å²) in [5.74, 6) is 0.663. The average Bonchev–Trinajstić information content (AvgIpc) is 3.23. The second kappa shape index (κ2) is 7.90. The van der Waals surface area contributed by atoms with Crippen molar-refractivity contribution >= 4 is 51.4 Å². The minimum atomic E-state index is -0.455. The molecule has 4 rings (SSSR count). The number of ether oxygens (including phenoxy) is 2. The standard InChI is InChI=1S/C21H20ClN5O3S/c1-10-6-13(7-14-19(23)27-21(24-20(14)28)31-12(3)25-27)11(2)26(10)16-8-15(22)17(29-4)9-18(16)30-5/h6-9,23H,1-5H3/b14-7+,23-19?. The molecule has 1 amide bonds. The molecule has 0 bridgehead atoms. The van der Waals surface area contributed by atoms with Crippen LogP contribution in [0.25, 0.3) is 11.8 Å². The normalized spacial score (nSPS) is 17.1. The van der Waals surface area contributed by atoms with E-state index in [0.717, 1.165) is 27.7 Å². The second-order valence-electron chi connectivity index (χ2n) is 6.96. The lowest BCUT2D eigenvalue weighted by atomic mass is 10.1. The van der Waals surface area contributed by atoms with E-state index in [9.17, 15) is 4.79 Å². The number of hydrogen-bond donors (Lipinski definition) is 1. The van der Waals surface area contributed by atoms with E-state index in [1.54, 1.807) is 32.4 Å². The van der Waals surface area contributed by atoms with E-state index in [2.05, 4.69) is 10.1 Å². The Morgan fingerprint density at radius 2 is 1.84 bits per heavy atom. The number of fused-ring (bicyclic) bond motifs is 1. The van der Waals surface area contributed by atoms with Crippen molar-refractivity contribution in [1.29, 1.82) is 5.41 Å². The first-order chi connectivity index (χ1) is 14.7. The number of benzene rings is 1. The number of hydrazone groups is 1. The third kappa shape index (κ3) is 3.53. The first kappa shape index (κ1) is 21.2. The van der Waals surface area contributed by atoms with Crippen molar-refractivity contribution in [2.75, 3.05) is 14.2 Å². The number of halogens is 1. The van der Waals surface area contributed by atoms with Gasteiger partial charge in [-0.1, -0.05) is 11.6 Å². The van der Waals surface area contributed by atoms with Crippen LogP contribution in [-0.2, 0) is 4.79 Å². The van der Waals surface area contributed by atoms with Crippen LogP contribution in [-0.4, -0.2) is 45.7 Å². The molecule has 2 aromatic rings. The number of aromatic nitrogens is 1. The van der Waals surface area contributed by atoms with Crippen LogP contribution >= 0.6 is 23.4 Å². The van der Waals surface area contributed by atoms with Gasteiger partial charge in [0.1, 0.15) is 11.5 Å². The fraction of sp³-hybridized carbons (Fsp3) is 0.238. The van der Waals surface area contributed by atoms with Crippen molar-refractivity contribution in [1.82, 2.24) is 9.58 Å². The van der Waals surface area contributed by atoms with Gasteiger partial charge in [-0.3, -0.25) is 10.2 Å². The number of amidine groups is 2. The van der Waals surface area contributed by atoms with Gasteiger partial charge in [0.2, 0.25) is 5.17 Å². The number of aryl methyl sites for hydroxylation is 1. The van der Waals surface area contributed by atoms with Gasteiger partial charge in [-0.05, 0) is 56.3 Å². The van der Waals surface area contributed by atoms with Crippen LogP contribution in [0.3, 0.4) is 0 Å². The molecule has 31 heavy (non-hydrogen) atoms. The van der Waals surface area contributed by atoms with Crippen molar-refractivity contribution in [3.63, 3.8) is 0 Å². The number of carbonyl (C=O) groups excluding carboxylic acids is 1. The predicted octanol–water partition coefficient (Wildman–Crippen LogP) is 4.40. The Bertz CT molecular complexity index is 1230. The number of thioether (sulfide) groups is 1. The number of methoxy groups -OCH3 is 2. The monoisotopic (exact) mass is 457 g/mol. The Morgan fingerprint density at radius 1 is 1.13 bits per heavy atom. The van der Waals surface area contributed by atoms with Crippen LogP contribution in [0.5, 0.6) is 11.5 Å². The molecule has 1 aromatic heterocycles. The number of hydrogen-bond acceptors (Lipinski definition) is 6. The summed E-state index contributed by atoms with van der Waals surface area (Å²) in [4.78, 5) is 16.7. The highest BCUT2D eigenvalue weighted by atomic mass is 35.5. The van der Waals surface area contributed by atoms with E-state index in [0.29, 0.717) is 21.7 Å². The maximum Gasteiger partial charge on any atom is 0.283 e. The molecule has 2 aliphatic rings. The van der Waals surface area contributed by atoms with Crippen LogP contribution in [0, 0.1) is 19.3 Å². The van der Waals surface area contributed by atoms with Gasteiger partial charge in [-0.15, -0.1) is 0 Å². The number of nitrogens with one attached hydrogen (secondary N) is 1. The van der Waals surface area contributed by atoms with E-state index in [1.165, 1.54) is 16.8 Å². The fourth-order valence-corrected chi connectivity index (χ4v) is 4.54. The number of carbonyl (C=O) groups is 1. The number of nitrogens with zero attached hydrogens (tertiary/aromatic N) is 4. The molecule has 0 atom stereocenters. The van der Waals surface area contributed by atoms with Crippen molar-refractivity contribution in [3.05, 3.63) is 45.7 Å². The molecule has 1 aromatic carbocycles. The molecule has 160 valence electrons. The minimum Gasteiger partial charge on any atom is -0.495 e. The maximum atomic E-state index is 12.6. The lowest BCUT2D eigenvalue weighted by Crippen LogP contribution is -2.35. The molecule has 8 nitrogen and oxygen atoms in total. The van der Waals surface area contributed by atoms with Gasteiger partial charge in [-0.2, -0.15) is 15.1 Å². The molecule has 10 heteroatoms. The van der Waals surface area contributed by atoms with Crippen molar-refractivity contribution in [3.8, 4) is 17.2 Å². The Balaban J connectivity index is 1.81. The Labute approximate surface area is 188 Å². The molecule has 0 radical (unpaired) electrons. The average molecular weight is 458 g/mol. The summed E-state index contributed by atoms with van der Waals surface area (Å²) >= 11 is 7.64. The van der Waals surface area contributed by atoms with Crippen molar-refractivity contribution in [2.24, 2.45) is 10.1 Å². The van der Waals surface area contributed by atoms with Gasteiger partial charge in [0.25, 0.3) is 5.91 Å². The molecule has 0 saturated heterocycles. The molecule has 0 saturated carbocycles. The molecule has 0 unspecified atom stereocenters. The van der Waals surface area contributed by atoms with E-state index in [1.807, 2.05) is 31.4 Å². The van der Waals surface area contributed by atoms with Crippen LogP contribution < -0.4 is 9.47 Å². The molecule has 2 aliphatic heterocycles. The van der Waals surface area contributed by atoms with E-state index in [4.69, 9.17) is 26.5 Å². The van der Waals surface area contributed by atoms with Gasteiger partial charge in [-0.25, -0.2) is 0 Å². The third-order valence-electron chi connectivity index (χ3n) is 5.02. The third-order valence-corrected chi connectivity index (χ3v) is 6.14. The predicted molar refractivity (Wildman–Crippen MR) is 124 cm³/mol. The molecule has 3 heterocycles. The zero-order chi connectivity index (χ0) is 22.4. The van der Waals surface area contributed by atoms with Gasteiger partial charge >= 0.3 is 0 Å². The summed E-state index contributed by atoms with van der Waals surface area (Å²) in [7, 11) is 3.13. The summed E-state index contributed by atoms with van der Waals surface area (Å²) in [6.45, 7) is 5.69. The van der Waals surface area contributed by atoms with Gasteiger partial charge < -0.3 is 14.0 Å². The van der Waals surface area contributed by atoms with Crippen LogP contribution in [0.4, 0.5) is 0 Å². The van der Waals surface area contributed by atoms with E-state index < -0.39 is 5.91 Å². The summed E-state index contributed by atoms with van der Waals surface area (Å²) in [6, 6.07) is 5.45. The summed E-state index contributed by atoms with van der Waals surface area (Å²) in [6.07, 6.45) is 1.68. The Kier molecular flexibility index (Phi) is 5.40. The van der Waals surface area contributed by atoms with Gasteiger partial charge in [0.15, 0.2) is 5.84 Å². The van der Waals surface area contributed by atoms with Gasteiger partial charge in [0.05, 0.1) is 35.5 Å². The molecule has 0 fully saturated rings. The summed E-state index contributed by atoms with van der Waals surface area (Å²) in [5.41, 5.74) is 3.48. The highest BCUT2D eigenvalue weighted by Gasteiger charge is 2.34. The van der Waals surface area contributed by atoms with Crippen molar-refractivity contribution in [2.45, 2.75) is 20.8 Å². The number of rotatable bonds is 4. The topological polar surface area (TPSA) is 92.3 Å². The van der Waals surface area contributed by atoms with Crippen LogP contribution in [0.15, 0.2) is 33.9 Å². The number of aliphatic imine (C=N–C) groups is 1. The summed E-state index contributed by atoms with van der Waals surface area (Å²) in [5, 5.41) is 15.7. The first-order valence-corrected chi connectivity index (χ1v) is 10.5. The molecular weight excluding hydrogens is 438 g/mol. The Hall–Kier alpha value is -3.04. The molecular formula is C21H20ClN5O3S. The summed E-state index contributed by atoms with van der Waals surface area (Å²) < 4.78 is 12.8. The highest BCUT2D eigenvalue weighted by Crippen LogP contribution is 2.37. The first-order valence-electron chi connectivity index (χ1n) is 9.32. The molecule has 1 N–H and O–H groups in total. The number of amides is 1. The van der Waals surface area contributed by atoms with Crippen LogP contribution in [0.1, 0.15) is 23.9 Å². The minimum absolute atomic E-state index is 0.00854. The Morgan fingerprint density at radius 3 is 2.52 bits per heavy atom. The highest BCUT2D eigenvalue weighted by molar-refractivity contribution is 8.26. The largest absolute Gasteiger partial charge is 0.495 e. The van der Waals surface area contributed by atoms with E-state index in [-0.39, 0.29) is 11.4 Å². The second-order valence-corrected chi connectivity index (χ2v) is 8.53. The van der Waals surface area contributed by atoms with E-state index >= 15 is 0 Å². The smallest absolute Gasteiger partial charge is 0.283 e. The maximum absolute atomic E-state index is 12.6. The lowest BCUT2D eigenvalue weighted by molar-refractivity contribution is -0.114. The quantitative estimate of drug-likeness (QED) is 0.687.